The lowest BCUT2D eigenvalue weighted by Gasteiger charge is -2.53. The summed E-state index contributed by atoms with van der Waals surface area (Å²) in [5.41, 5.74) is 2.73. The molecule has 5 nitrogen and oxygen atoms in total. The minimum Gasteiger partial charge on any atom is -0.423 e. The summed E-state index contributed by atoms with van der Waals surface area (Å²) in [6, 6.07) is 5.64. The van der Waals surface area contributed by atoms with Crippen LogP contribution in [0.2, 0.25) is 0 Å². The van der Waals surface area contributed by atoms with Crippen molar-refractivity contribution in [1.29, 1.82) is 0 Å². The number of hydrogen-bond donors (Lipinski definition) is 3. The molecule has 2 saturated carbocycles. The second-order valence-corrected chi connectivity index (χ2v) is 13.8. The van der Waals surface area contributed by atoms with E-state index >= 15 is 0 Å². The predicted octanol–water partition coefficient (Wildman–Crippen LogP) is 4.33. The summed E-state index contributed by atoms with van der Waals surface area (Å²) in [6.07, 6.45) is -1.42. The van der Waals surface area contributed by atoms with E-state index in [-0.39, 0.29) is 35.5 Å². The van der Waals surface area contributed by atoms with Crippen LogP contribution < -0.4 is 5.46 Å². The molecule has 1 unspecified atom stereocenters. The minimum atomic E-state index is -5.59. The Morgan fingerprint density at radius 2 is 1.82 bits per heavy atom. The van der Waals surface area contributed by atoms with Gasteiger partial charge in [-0.1, -0.05) is 25.1 Å². The van der Waals surface area contributed by atoms with Gasteiger partial charge in [-0.2, -0.15) is 22.0 Å². The molecule has 0 aliphatic heterocycles. The van der Waals surface area contributed by atoms with E-state index in [0.717, 1.165) is 44.1 Å². The van der Waals surface area contributed by atoms with E-state index in [1.807, 2.05) is 12.1 Å². The van der Waals surface area contributed by atoms with Crippen LogP contribution in [-0.2, 0) is 22.0 Å². The van der Waals surface area contributed by atoms with Gasteiger partial charge in [0.15, 0.2) is 0 Å². The molecule has 0 heterocycles. The highest BCUT2D eigenvalue weighted by Crippen LogP contribution is 2.63. The van der Waals surface area contributed by atoms with E-state index in [1.54, 1.807) is 6.07 Å². The van der Waals surface area contributed by atoms with Crippen molar-refractivity contribution in [3.05, 3.63) is 29.3 Å². The van der Waals surface area contributed by atoms with Crippen molar-refractivity contribution >= 4 is 23.4 Å². The molecular weight excluding hydrogens is 554 g/mol. The van der Waals surface area contributed by atoms with Gasteiger partial charge in [0.25, 0.3) is 0 Å². The van der Waals surface area contributed by atoms with Gasteiger partial charge >= 0.3 is 19.2 Å². The van der Waals surface area contributed by atoms with Gasteiger partial charge in [-0.3, -0.25) is 4.21 Å². The van der Waals surface area contributed by atoms with Crippen molar-refractivity contribution in [3.8, 4) is 0 Å². The smallest absolute Gasteiger partial charge is 0.423 e. The molecule has 4 rings (SSSR count). The highest BCUT2D eigenvalue weighted by molar-refractivity contribution is 7.84. The zero-order chi connectivity index (χ0) is 29.3. The fourth-order valence-corrected chi connectivity index (χ4v) is 9.04. The normalized spacial score (nSPS) is 30.9. The van der Waals surface area contributed by atoms with Crippen LogP contribution in [0.3, 0.4) is 0 Å². The molecular formula is C28H40BF5O5S. The van der Waals surface area contributed by atoms with Crippen molar-refractivity contribution < 1.29 is 46.1 Å². The van der Waals surface area contributed by atoms with E-state index in [1.165, 1.54) is 5.56 Å². The number of benzene rings is 1. The highest BCUT2D eigenvalue weighted by atomic mass is 32.2. The molecule has 3 aliphatic carbocycles. The van der Waals surface area contributed by atoms with Crippen molar-refractivity contribution in [3.63, 3.8) is 0 Å². The van der Waals surface area contributed by atoms with Crippen molar-refractivity contribution in [2.24, 2.45) is 23.2 Å². The monoisotopic (exact) mass is 594 g/mol. The van der Waals surface area contributed by atoms with Gasteiger partial charge in [0.2, 0.25) is 0 Å². The zero-order valence-electron chi connectivity index (χ0n) is 22.8. The molecule has 1 aromatic carbocycles. The van der Waals surface area contributed by atoms with Crippen LogP contribution in [0, 0.1) is 23.2 Å². The lowest BCUT2D eigenvalue weighted by atomic mass is 9.52. The van der Waals surface area contributed by atoms with Crippen LogP contribution >= 0.6 is 0 Å². The molecule has 40 heavy (non-hydrogen) atoms. The molecule has 0 bridgehead atoms. The van der Waals surface area contributed by atoms with Gasteiger partial charge in [-0.25, -0.2) is 0 Å². The first-order valence-corrected chi connectivity index (χ1v) is 15.8. The molecule has 0 spiro atoms. The Kier molecular flexibility index (Phi) is 10.1. The first kappa shape index (κ1) is 31.9. The predicted molar refractivity (Wildman–Crippen MR) is 144 cm³/mol. The molecule has 7 atom stereocenters. The van der Waals surface area contributed by atoms with Crippen molar-refractivity contribution in [1.82, 2.24) is 0 Å². The molecule has 3 aliphatic rings. The molecule has 226 valence electrons. The number of hydrogen-bond acceptors (Lipinski definition) is 5. The summed E-state index contributed by atoms with van der Waals surface area (Å²) in [5, 5.41) is 28.8. The number of rotatable bonds is 12. The van der Waals surface area contributed by atoms with Crippen LogP contribution in [-0.4, -0.2) is 69.4 Å². The lowest BCUT2D eigenvalue weighted by Crippen LogP contribution is -2.48. The molecule has 0 amide bonds. The average molecular weight is 594 g/mol. The van der Waals surface area contributed by atoms with Crippen molar-refractivity contribution in [2.45, 2.75) is 88.8 Å². The van der Waals surface area contributed by atoms with Crippen LogP contribution in [0.25, 0.3) is 0 Å². The maximum absolute atomic E-state index is 13.2. The zero-order valence-corrected chi connectivity index (χ0v) is 23.7. The van der Waals surface area contributed by atoms with Crippen LogP contribution in [0.5, 0.6) is 0 Å². The molecule has 3 N–H and O–H groups in total. The Morgan fingerprint density at radius 1 is 1.10 bits per heavy atom. The molecule has 2 fully saturated rings. The Bertz CT molecular complexity index is 1040. The Hall–Kier alpha value is -1.08. The summed E-state index contributed by atoms with van der Waals surface area (Å²) >= 11 is 0. The third-order valence-electron chi connectivity index (χ3n) is 9.77. The van der Waals surface area contributed by atoms with E-state index < -0.39 is 42.9 Å². The summed E-state index contributed by atoms with van der Waals surface area (Å²) in [4.78, 5) is 0. The average Bonchev–Trinajstić information content (AvgIpc) is 3.22. The second-order valence-electron chi connectivity index (χ2n) is 12.1. The number of aliphatic hydroxyl groups is 1. The standard InChI is InChI=1S/C28H40BF5O5S/c1-26-11-9-22-21-6-5-20(29(36)37)17-19(21)16-18(25(22)23(26)7-8-24(26)39-13-12-35)4-2-14-40(38)15-3-10-27(30,31)28(32,33)34/h5-6,17-18,22-25,35-37H,2-4,7-16H2,1H3/t18-,22-,23+,24+,25-,26+,40?/m1/s1. The van der Waals surface area contributed by atoms with Crippen LogP contribution in [0.4, 0.5) is 22.0 Å². The fraction of sp³-hybridized carbons (Fsp3) is 0.786. The number of aliphatic hydroxyl groups excluding tert-OH is 1. The van der Waals surface area contributed by atoms with Gasteiger partial charge < -0.3 is 19.9 Å². The summed E-state index contributed by atoms with van der Waals surface area (Å²) in [7, 11) is -3.05. The maximum atomic E-state index is 13.2. The molecule has 12 heteroatoms. The first-order valence-electron chi connectivity index (χ1n) is 14.3. The summed E-state index contributed by atoms with van der Waals surface area (Å²) in [6.45, 7) is 2.57. The SMILES string of the molecule is C[C@]12CC[C@@H]3c4ccc(B(O)O)cc4C[C@@H](CCCS(=O)CCCC(F)(F)C(F)(F)F)[C@H]3[C@@H]1CC[C@@H]2OCCO. The van der Waals surface area contributed by atoms with Gasteiger partial charge in [0.1, 0.15) is 0 Å². The molecule has 0 radical (unpaired) electrons. The number of ether oxygens (including phenoxy) is 1. The summed E-state index contributed by atoms with van der Waals surface area (Å²) in [5.74, 6) is -3.44. The number of halogens is 5. The fourth-order valence-electron chi connectivity index (χ4n) is 7.88. The first-order chi connectivity index (χ1) is 18.8. The molecule has 0 aromatic heterocycles. The highest BCUT2D eigenvalue weighted by Gasteiger charge is 2.58. The molecule has 0 saturated heterocycles. The third kappa shape index (κ3) is 6.61. The van der Waals surface area contributed by atoms with Gasteiger partial charge in [-0.05, 0) is 97.0 Å². The summed E-state index contributed by atoms with van der Waals surface area (Å²) < 4.78 is 82.2. The number of alkyl halides is 5. The van der Waals surface area contributed by atoms with E-state index in [9.17, 15) is 41.3 Å². The van der Waals surface area contributed by atoms with E-state index in [0.29, 0.717) is 36.2 Å². The van der Waals surface area contributed by atoms with Crippen LogP contribution in [0.15, 0.2) is 18.2 Å². The second kappa shape index (κ2) is 12.7. The van der Waals surface area contributed by atoms with E-state index in [4.69, 9.17) is 4.74 Å². The van der Waals surface area contributed by atoms with Gasteiger partial charge in [-0.15, -0.1) is 0 Å². The topological polar surface area (TPSA) is 87.0 Å². The Balaban J connectivity index is 1.45. The Labute approximate surface area is 235 Å². The third-order valence-corrected chi connectivity index (χ3v) is 11.3. The lowest BCUT2D eigenvalue weighted by molar-refractivity contribution is -0.284. The molecule has 1 aromatic rings. The maximum Gasteiger partial charge on any atom is 0.488 e. The Morgan fingerprint density at radius 3 is 2.50 bits per heavy atom. The van der Waals surface area contributed by atoms with Gasteiger partial charge in [0, 0.05) is 28.7 Å². The van der Waals surface area contributed by atoms with Crippen molar-refractivity contribution in [2.75, 3.05) is 24.7 Å². The minimum absolute atomic E-state index is 0.0245. The van der Waals surface area contributed by atoms with Crippen LogP contribution in [0.1, 0.15) is 75.3 Å². The largest absolute Gasteiger partial charge is 0.488 e. The quantitative estimate of drug-likeness (QED) is 0.248. The van der Waals surface area contributed by atoms with Gasteiger partial charge in [0.05, 0.1) is 19.3 Å². The van der Waals surface area contributed by atoms with E-state index in [2.05, 4.69) is 6.92 Å². The number of fused-ring (bicyclic) bond motifs is 5.